The van der Waals surface area contributed by atoms with Gasteiger partial charge in [-0.25, -0.2) is 0 Å². The van der Waals surface area contributed by atoms with Crippen LogP contribution in [0.25, 0.3) is 9.75 Å². The third kappa shape index (κ3) is 4.46. The van der Waals surface area contributed by atoms with Crippen LogP contribution in [-0.2, 0) is 0 Å². The van der Waals surface area contributed by atoms with E-state index in [0.717, 1.165) is 39.1 Å². The van der Waals surface area contributed by atoms with Gasteiger partial charge in [0.2, 0.25) is 11.6 Å². The van der Waals surface area contributed by atoms with Gasteiger partial charge in [0.25, 0.3) is 0 Å². The lowest BCUT2D eigenvalue weighted by Crippen LogP contribution is -2.01. The van der Waals surface area contributed by atoms with Gasteiger partial charge >= 0.3 is 0 Å². The minimum Gasteiger partial charge on any atom is -0.288 e. The van der Waals surface area contributed by atoms with Crippen LogP contribution in [0.2, 0.25) is 0 Å². The van der Waals surface area contributed by atoms with Gasteiger partial charge in [0.1, 0.15) is 0 Å². The summed E-state index contributed by atoms with van der Waals surface area (Å²) in [5, 5.41) is 0. The minimum absolute atomic E-state index is 0.0459. The number of rotatable bonds is 5. The quantitative estimate of drug-likeness (QED) is 0.163. The van der Waals surface area contributed by atoms with Gasteiger partial charge in [-0.1, -0.05) is 12.1 Å². The Morgan fingerprint density at radius 1 is 0.633 bits per heavy atom. The summed E-state index contributed by atoms with van der Waals surface area (Å²) >= 11 is 7.41. The monoisotopic (exact) mass is 654 g/mol. The standard InChI is InChI=1S/C24H16I2O2S2/c1-13-3-5-15(25)11-17(13)23(27)21-9-7-19(29-21)20-8-10-22(30-20)24(28)18-12-16(26)6-4-14(18)2/h3-12H,1-2H3. The number of carbonyl (C=O) groups is 2. The molecular formula is C24H16I2O2S2. The second kappa shape index (κ2) is 9.02. The Morgan fingerprint density at radius 3 is 1.43 bits per heavy atom. The fourth-order valence-electron chi connectivity index (χ4n) is 3.13. The van der Waals surface area contributed by atoms with Crippen molar-refractivity contribution in [1.82, 2.24) is 0 Å². The van der Waals surface area contributed by atoms with Crippen molar-refractivity contribution in [2.24, 2.45) is 0 Å². The number of thiophene rings is 2. The van der Waals surface area contributed by atoms with E-state index in [1.54, 1.807) is 0 Å². The first-order valence-electron chi connectivity index (χ1n) is 9.15. The lowest BCUT2D eigenvalue weighted by molar-refractivity contribution is 0.103. The molecule has 2 aromatic heterocycles. The second-order valence-corrected chi connectivity index (χ2v) is 11.6. The number of carbonyl (C=O) groups excluding carboxylic acids is 2. The van der Waals surface area contributed by atoms with E-state index in [4.69, 9.17) is 0 Å². The third-order valence-corrected chi connectivity index (χ3v) is 8.50. The molecule has 0 amide bonds. The molecule has 0 N–H and O–H groups in total. The van der Waals surface area contributed by atoms with E-state index in [2.05, 4.69) is 45.2 Å². The number of halogens is 2. The zero-order valence-corrected chi connectivity index (χ0v) is 22.1. The molecule has 0 aliphatic rings. The summed E-state index contributed by atoms with van der Waals surface area (Å²) in [6.45, 7) is 3.92. The summed E-state index contributed by atoms with van der Waals surface area (Å²) < 4.78 is 2.09. The minimum atomic E-state index is 0.0459. The Labute approximate surface area is 210 Å². The first kappa shape index (κ1) is 21.9. The zero-order valence-electron chi connectivity index (χ0n) is 16.2. The Hall–Kier alpha value is -1.36. The van der Waals surface area contributed by atoms with Gasteiger partial charge in [-0.3, -0.25) is 9.59 Å². The number of benzene rings is 2. The van der Waals surface area contributed by atoms with E-state index in [1.165, 1.54) is 22.7 Å². The van der Waals surface area contributed by atoms with Crippen molar-refractivity contribution in [3.05, 3.63) is 99.8 Å². The Balaban J connectivity index is 1.61. The second-order valence-electron chi connectivity index (χ2n) is 6.90. The molecule has 0 saturated carbocycles. The van der Waals surface area contributed by atoms with Crippen molar-refractivity contribution < 1.29 is 9.59 Å². The van der Waals surface area contributed by atoms with Gasteiger partial charge in [0.15, 0.2) is 0 Å². The molecule has 2 heterocycles. The Morgan fingerprint density at radius 2 is 1.03 bits per heavy atom. The fourth-order valence-corrected chi connectivity index (χ4v) is 6.12. The number of aryl methyl sites for hydroxylation is 2. The van der Waals surface area contributed by atoms with Gasteiger partial charge < -0.3 is 0 Å². The first-order valence-corrected chi connectivity index (χ1v) is 12.9. The predicted molar refractivity (Wildman–Crippen MR) is 142 cm³/mol. The zero-order chi connectivity index (χ0) is 21.4. The highest BCUT2D eigenvalue weighted by molar-refractivity contribution is 14.1. The Bertz CT molecular complexity index is 1180. The highest BCUT2D eigenvalue weighted by Gasteiger charge is 2.18. The average Bonchev–Trinajstić information content (AvgIpc) is 3.40. The first-order chi connectivity index (χ1) is 14.3. The molecule has 0 saturated heterocycles. The molecule has 4 aromatic rings. The van der Waals surface area contributed by atoms with Gasteiger partial charge in [-0.15, -0.1) is 22.7 Å². The molecule has 150 valence electrons. The van der Waals surface area contributed by atoms with E-state index in [9.17, 15) is 9.59 Å². The lowest BCUT2D eigenvalue weighted by atomic mass is 10.0. The molecule has 4 rings (SSSR count). The van der Waals surface area contributed by atoms with Crippen LogP contribution >= 0.6 is 67.9 Å². The van der Waals surface area contributed by atoms with Crippen LogP contribution < -0.4 is 0 Å². The van der Waals surface area contributed by atoms with Crippen molar-refractivity contribution in [3.63, 3.8) is 0 Å². The largest absolute Gasteiger partial charge is 0.288 e. The van der Waals surface area contributed by atoms with Crippen LogP contribution in [0.5, 0.6) is 0 Å². The number of hydrogen-bond acceptors (Lipinski definition) is 4. The van der Waals surface area contributed by atoms with E-state index < -0.39 is 0 Å². The smallest absolute Gasteiger partial charge is 0.203 e. The summed E-state index contributed by atoms with van der Waals surface area (Å²) in [7, 11) is 0. The van der Waals surface area contributed by atoms with Crippen molar-refractivity contribution in [1.29, 1.82) is 0 Å². The number of hydrogen-bond donors (Lipinski definition) is 0. The van der Waals surface area contributed by atoms with E-state index in [-0.39, 0.29) is 11.6 Å². The molecule has 2 nitrogen and oxygen atoms in total. The van der Waals surface area contributed by atoms with Crippen molar-refractivity contribution in [2.45, 2.75) is 13.8 Å². The summed E-state index contributed by atoms with van der Waals surface area (Å²) in [4.78, 5) is 29.4. The van der Waals surface area contributed by atoms with E-state index in [0.29, 0.717) is 9.75 Å². The third-order valence-electron chi connectivity index (χ3n) is 4.79. The molecule has 6 heteroatoms. The van der Waals surface area contributed by atoms with Crippen LogP contribution in [0.4, 0.5) is 0 Å². The molecule has 0 radical (unpaired) electrons. The summed E-state index contributed by atoms with van der Waals surface area (Å²) in [5.41, 5.74) is 3.44. The van der Waals surface area contributed by atoms with Gasteiger partial charge in [-0.2, -0.15) is 0 Å². The van der Waals surface area contributed by atoms with Gasteiger partial charge in [0.05, 0.1) is 9.75 Å². The van der Waals surface area contributed by atoms with Crippen molar-refractivity contribution in [2.75, 3.05) is 0 Å². The molecule has 0 aliphatic heterocycles. The molecule has 0 fully saturated rings. The normalized spacial score (nSPS) is 10.9. The summed E-state index contributed by atoms with van der Waals surface area (Å²) in [6.07, 6.45) is 0. The topological polar surface area (TPSA) is 34.1 Å². The summed E-state index contributed by atoms with van der Waals surface area (Å²) in [5.74, 6) is 0.0919. The molecule has 0 bridgehead atoms. The van der Waals surface area contributed by atoms with Crippen LogP contribution in [0, 0.1) is 21.0 Å². The maximum absolute atomic E-state index is 13.0. The molecule has 0 unspecified atom stereocenters. The average molecular weight is 654 g/mol. The van der Waals surface area contributed by atoms with Crippen LogP contribution in [-0.4, -0.2) is 11.6 Å². The van der Waals surface area contributed by atoms with Gasteiger partial charge in [0, 0.05) is 28.0 Å². The molecule has 0 atom stereocenters. The highest BCUT2D eigenvalue weighted by atomic mass is 127. The fraction of sp³-hybridized carbons (Fsp3) is 0.0833. The summed E-state index contributed by atoms with van der Waals surface area (Å²) in [6, 6.07) is 19.5. The molecule has 30 heavy (non-hydrogen) atoms. The SMILES string of the molecule is Cc1ccc(I)cc1C(=O)c1ccc(-c2ccc(C(=O)c3cc(I)ccc3C)s2)s1. The van der Waals surface area contributed by atoms with Crippen molar-refractivity contribution in [3.8, 4) is 9.75 Å². The molecular weight excluding hydrogens is 638 g/mol. The number of ketones is 2. The maximum atomic E-state index is 13.0. The van der Waals surface area contributed by atoms with Crippen LogP contribution in [0.3, 0.4) is 0 Å². The van der Waals surface area contributed by atoms with Gasteiger partial charge in [-0.05, 0) is 119 Å². The molecule has 0 aliphatic carbocycles. The molecule has 0 spiro atoms. The molecule has 2 aromatic carbocycles. The van der Waals surface area contributed by atoms with E-state index >= 15 is 0 Å². The van der Waals surface area contributed by atoms with Crippen LogP contribution in [0.15, 0.2) is 60.7 Å². The predicted octanol–water partition coefficient (Wildman–Crippen LogP) is 7.76. The van der Waals surface area contributed by atoms with Crippen LogP contribution in [0.1, 0.15) is 41.6 Å². The highest BCUT2D eigenvalue weighted by Crippen LogP contribution is 2.35. The lowest BCUT2D eigenvalue weighted by Gasteiger charge is -2.04. The van der Waals surface area contributed by atoms with Crippen molar-refractivity contribution >= 4 is 79.4 Å². The maximum Gasteiger partial charge on any atom is 0.203 e. The van der Waals surface area contributed by atoms with E-state index in [1.807, 2.05) is 74.5 Å². The Kier molecular flexibility index (Phi) is 6.57.